The molecule has 0 atom stereocenters. The molecule has 142 valence electrons. The van der Waals surface area contributed by atoms with E-state index >= 15 is 0 Å². The summed E-state index contributed by atoms with van der Waals surface area (Å²) in [5.74, 6) is -0.528. The molecule has 1 amide bonds. The predicted molar refractivity (Wildman–Crippen MR) is 104 cm³/mol. The van der Waals surface area contributed by atoms with Gasteiger partial charge >= 0.3 is 0 Å². The second-order valence-corrected chi connectivity index (χ2v) is 6.98. The molecule has 0 aliphatic heterocycles. The number of aromatic nitrogens is 4. The lowest BCUT2D eigenvalue weighted by molar-refractivity contribution is 0.0945. The lowest BCUT2D eigenvalue weighted by Gasteiger charge is -2.11. The summed E-state index contributed by atoms with van der Waals surface area (Å²) in [7, 11) is 0. The Balaban J connectivity index is 1.67. The molecule has 0 aliphatic rings. The molecule has 27 heavy (non-hydrogen) atoms. The lowest BCUT2D eigenvalue weighted by Crippen LogP contribution is -2.27. The Labute approximate surface area is 161 Å². The van der Waals surface area contributed by atoms with Crippen molar-refractivity contribution in [2.75, 3.05) is 12.8 Å². The van der Waals surface area contributed by atoms with Gasteiger partial charge in [0.05, 0.1) is 11.9 Å². The van der Waals surface area contributed by atoms with Crippen LogP contribution < -0.4 is 5.32 Å². The van der Waals surface area contributed by atoms with Crippen LogP contribution in [0, 0.1) is 19.7 Å². The average Bonchev–Trinajstić information content (AvgIpc) is 3.22. The summed E-state index contributed by atoms with van der Waals surface area (Å²) in [6, 6.07) is 8.04. The molecule has 0 unspecified atom stereocenters. The number of imidazole rings is 1. The number of carbonyl (C=O) groups is 1. The Kier molecular flexibility index (Phi) is 5.95. The van der Waals surface area contributed by atoms with Crippen LogP contribution in [0.1, 0.15) is 28.3 Å². The van der Waals surface area contributed by atoms with E-state index in [1.807, 2.05) is 30.9 Å². The number of carbonyl (C=O) groups excluding carboxylic acids is 1. The number of nitrogens with zero attached hydrogens (tertiary/aromatic N) is 4. The van der Waals surface area contributed by atoms with Gasteiger partial charge in [-0.2, -0.15) is 5.10 Å². The number of amides is 1. The average molecular weight is 387 g/mol. The number of rotatable bonds is 7. The molecule has 0 fully saturated rings. The van der Waals surface area contributed by atoms with Crippen LogP contribution in [0.25, 0.3) is 5.69 Å². The third-order valence-corrected chi connectivity index (χ3v) is 4.82. The summed E-state index contributed by atoms with van der Waals surface area (Å²) in [6.07, 6.45) is 4.21. The highest BCUT2D eigenvalue weighted by Gasteiger charge is 2.17. The molecule has 0 radical (unpaired) electrons. The van der Waals surface area contributed by atoms with Gasteiger partial charge in [-0.15, -0.1) is 0 Å². The summed E-state index contributed by atoms with van der Waals surface area (Å²) >= 11 is 1.43. The van der Waals surface area contributed by atoms with Gasteiger partial charge < -0.3 is 5.32 Å². The predicted octanol–water partition coefficient (Wildman–Crippen LogP) is 3.37. The maximum Gasteiger partial charge on any atom is 0.269 e. The number of hydrogen-bond acceptors (Lipinski definition) is 4. The summed E-state index contributed by atoms with van der Waals surface area (Å²) in [5, 5.41) is 8.02. The quantitative estimate of drug-likeness (QED) is 0.499. The number of benzene rings is 1. The van der Waals surface area contributed by atoms with Crippen molar-refractivity contribution >= 4 is 17.7 Å². The van der Waals surface area contributed by atoms with Crippen LogP contribution >= 0.6 is 11.8 Å². The molecule has 0 spiro atoms. The lowest BCUT2D eigenvalue weighted by atomic mass is 10.3. The van der Waals surface area contributed by atoms with Gasteiger partial charge in [-0.1, -0.05) is 11.8 Å². The smallest absolute Gasteiger partial charge is 0.269 e. The minimum atomic E-state index is -0.320. The topological polar surface area (TPSA) is 64.7 Å². The first-order valence-corrected chi connectivity index (χ1v) is 9.89. The van der Waals surface area contributed by atoms with E-state index in [-0.39, 0.29) is 11.7 Å². The van der Waals surface area contributed by atoms with E-state index in [1.165, 1.54) is 23.9 Å². The highest BCUT2D eigenvalue weighted by Crippen LogP contribution is 2.22. The molecular formula is C19H22FN5OS. The number of hydrogen-bond donors (Lipinski definition) is 1. The van der Waals surface area contributed by atoms with Gasteiger partial charge in [0.1, 0.15) is 11.5 Å². The molecule has 2 aromatic heterocycles. The van der Waals surface area contributed by atoms with Crippen LogP contribution in [0.3, 0.4) is 0 Å². The Morgan fingerprint density at radius 2 is 2.00 bits per heavy atom. The van der Waals surface area contributed by atoms with Crippen molar-refractivity contribution in [1.82, 2.24) is 24.6 Å². The molecule has 0 bridgehead atoms. The van der Waals surface area contributed by atoms with Crippen LogP contribution in [0.5, 0.6) is 0 Å². The van der Waals surface area contributed by atoms with Gasteiger partial charge in [-0.3, -0.25) is 14.0 Å². The first kappa shape index (κ1) is 19.2. The largest absolute Gasteiger partial charge is 0.351 e. The van der Waals surface area contributed by atoms with Crippen molar-refractivity contribution in [3.8, 4) is 5.69 Å². The van der Waals surface area contributed by atoms with E-state index in [0.717, 1.165) is 24.4 Å². The van der Waals surface area contributed by atoms with Gasteiger partial charge in [0, 0.05) is 24.5 Å². The van der Waals surface area contributed by atoms with E-state index < -0.39 is 0 Å². The van der Waals surface area contributed by atoms with Gasteiger partial charge in [0.25, 0.3) is 5.91 Å². The number of thioether (sulfide) groups is 1. The fourth-order valence-corrected chi connectivity index (χ4v) is 3.45. The van der Waals surface area contributed by atoms with Crippen LogP contribution in [-0.4, -0.2) is 38.0 Å². The SMILES string of the molecule is CSc1ncc(C(=O)NCCCn2nc(C)cc2C)n1-c1ccc(F)cc1. The van der Waals surface area contributed by atoms with Crippen molar-refractivity contribution in [3.05, 3.63) is 59.4 Å². The fraction of sp³-hybridized carbons (Fsp3) is 0.316. The van der Waals surface area contributed by atoms with Crippen LogP contribution in [-0.2, 0) is 6.54 Å². The molecule has 3 aromatic rings. The molecule has 0 saturated heterocycles. The van der Waals surface area contributed by atoms with Gasteiger partial charge in [-0.25, -0.2) is 9.37 Å². The Morgan fingerprint density at radius 3 is 2.63 bits per heavy atom. The van der Waals surface area contributed by atoms with Gasteiger partial charge in [0.2, 0.25) is 0 Å². The third-order valence-electron chi connectivity index (χ3n) is 4.17. The molecule has 0 saturated carbocycles. The van der Waals surface area contributed by atoms with Crippen LogP contribution in [0.2, 0.25) is 0 Å². The van der Waals surface area contributed by atoms with E-state index in [2.05, 4.69) is 15.4 Å². The zero-order valence-electron chi connectivity index (χ0n) is 15.6. The monoisotopic (exact) mass is 387 g/mol. The fourth-order valence-electron chi connectivity index (χ4n) is 2.90. The van der Waals surface area contributed by atoms with Crippen molar-refractivity contribution in [1.29, 1.82) is 0 Å². The van der Waals surface area contributed by atoms with Crippen LogP contribution in [0.15, 0.2) is 41.7 Å². The second kappa shape index (κ2) is 8.39. The maximum atomic E-state index is 13.2. The summed E-state index contributed by atoms with van der Waals surface area (Å²) in [6.45, 7) is 5.25. The summed E-state index contributed by atoms with van der Waals surface area (Å²) in [5.41, 5.74) is 3.23. The van der Waals surface area contributed by atoms with Gasteiger partial charge in [0.15, 0.2) is 5.16 Å². The minimum absolute atomic E-state index is 0.208. The van der Waals surface area contributed by atoms with Crippen molar-refractivity contribution in [2.45, 2.75) is 32.0 Å². The number of halogens is 1. The van der Waals surface area contributed by atoms with E-state index in [0.29, 0.717) is 23.1 Å². The van der Waals surface area contributed by atoms with Crippen LogP contribution in [0.4, 0.5) is 4.39 Å². The van der Waals surface area contributed by atoms with Crippen molar-refractivity contribution < 1.29 is 9.18 Å². The molecule has 1 aromatic carbocycles. The highest BCUT2D eigenvalue weighted by atomic mass is 32.2. The molecular weight excluding hydrogens is 365 g/mol. The highest BCUT2D eigenvalue weighted by molar-refractivity contribution is 7.98. The first-order valence-electron chi connectivity index (χ1n) is 8.66. The standard InChI is InChI=1S/C19H22FN5OS/c1-13-11-14(2)24(23-13)10-4-9-21-18(26)17-12-22-19(27-3)25(17)16-7-5-15(20)6-8-16/h5-8,11-12H,4,9-10H2,1-3H3,(H,21,26). The third kappa shape index (κ3) is 4.39. The van der Waals surface area contributed by atoms with Crippen molar-refractivity contribution in [2.24, 2.45) is 0 Å². The summed E-state index contributed by atoms with van der Waals surface area (Å²) < 4.78 is 16.9. The van der Waals surface area contributed by atoms with E-state index in [4.69, 9.17) is 0 Å². The molecule has 6 nitrogen and oxygen atoms in total. The van der Waals surface area contributed by atoms with E-state index in [9.17, 15) is 9.18 Å². The minimum Gasteiger partial charge on any atom is -0.351 e. The van der Waals surface area contributed by atoms with Gasteiger partial charge in [-0.05, 0) is 56.9 Å². The molecule has 0 aliphatic carbocycles. The Hall–Kier alpha value is -2.61. The molecule has 3 rings (SSSR count). The first-order chi connectivity index (χ1) is 13.0. The molecule has 8 heteroatoms. The molecule has 2 heterocycles. The zero-order chi connectivity index (χ0) is 19.4. The Morgan fingerprint density at radius 1 is 1.26 bits per heavy atom. The normalized spacial score (nSPS) is 11.0. The van der Waals surface area contributed by atoms with E-state index in [1.54, 1.807) is 22.9 Å². The molecule has 1 N–H and O–H groups in total. The maximum absolute atomic E-state index is 13.2. The zero-order valence-corrected chi connectivity index (χ0v) is 16.4. The second-order valence-electron chi connectivity index (χ2n) is 6.20. The Bertz CT molecular complexity index is 932. The number of aryl methyl sites for hydroxylation is 3. The summed E-state index contributed by atoms with van der Waals surface area (Å²) in [4.78, 5) is 16.9. The number of nitrogens with one attached hydrogen (secondary N) is 1. The van der Waals surface area contributed by atoms with Crippen molar-refractivity contribution in [3.63, 3.8) is 0 Å².